The van der Waals surface area contributed by atoms with Crippen molar-refractivity contribution in [2.24, 2.45) is 7.05 Å². The lowest BCUT2D eigenvalue weighted by molar-refractivity contribution is 0.0520. The fourth-order valence-corrected chi connectivity index (χ4v) is 3.30. The van der Waals surface area contributed by atoms with Crippen LogP contribution in [0, 0.1) is 6.92 Å². The summed E-state index contributed by atoms with van der Waals surface area (Å²) in [7, 11) is 2.95. The highest BCUT2D eigenvalue weighted by molar-refractivity contribution is 5.98. The molecule has 1 aromatic carbocycles. The van der Waals surface area contributed by atoms with E-state index in [1.807, 2.05) is 31.2 Å². The molecule has 0 bridgehead atoms. The Balaban J connectivity index is 2.15. The molecule has 0 fully saturated rings. The number of nitrogens with zero attached hydrogens (tertiary/aromatic N) is 2. The zero-order valence-corrected chi connectivity index (χ0v) is 16.8. The third kappa shape index (κ3) is 3.76. The topological polar surface area (TPSA) is 87.5 Å². The Labute approximate surface area is 167 Å². The summed E-state index contributed by atoms with van der Waals surface area (Å²) >= 11 is 0. The van der Waals surface area contributed by atoms with Crippen molar-refractivity contribution in [3.8, 4) is 5.75 Å². The van der Waals surface area contributed by atoms with Crippen LogP contribution in [0.1, 0.15) is 44.3 Å². The van der Waals surface area contributed by atoms with Crippen LogP contribution in [-0.4, -0.2) is 35.5 Å². The maximum Gasteiger partial charge on any atom is 0.347 e. The van der Waals surface area contributed by atoms with Gasteiger partial charge in [-0.15, -0.1) is 0 Å². The molecule has 0 saturated carbocycles. The summed E-state index contributed by atoms with van der Waals surface area (Å²) in [5.41, 5.74) is 3.54. The van der Waals surface area contributed by atoms with Crippen molar-refractivity contribution >= 4 is 23.3 Å². The molecule has 0 N–H and O–H groups in total. The standard InChI is InChI=1S/C22H22N2O5/c1-5-29-22(27)18-20(28-4)19-17(24(3)21(18)26)10-14(11-23-19)9-15-7-6-13(2)8-16(15)12-25/h6-8,10-12H,5,9H2,1-4H3. The minimum Gasteiger partial charge on any atom is -0.493 e. The predicted molar refractivity (Wildman–Crippen MR) is 109 cm³/mol. The first-order chi connectivity index (χ1) is 13.9. The smallest absolute Gasteiger partial charge is 0.347 e. The molecule has 7 heteroatoms. The summed E-state index contributed by atoms with van der Waals surface area (Å²) in [5, 5.41) is 0. The lowest BCUT2D eigenvalue weighted by Crippen LogP contribution is -2.27. The monoisotopic (exact) mass is 394 g/mol. The number of pyridine rings is 2. The van der Waals surface area contributed by atoms with Gasteiger partial charge in [-0.2, -0.15) is 0 Å². The van der Waals surface area contributed by atoms with Crippen molar-refractivity contribution in [1.29, 1.82) is 0 Å². The van der Waals surface area contributed by atoms with Gasteiger partial charge in [-0.3, -0.25) is 14.6 Å². The third-order valence-electron chi connectivity index (χ3n) is 4.75. The summed E-state index contributed by atoms with van der Waals surface area (Å²) in [6.07, 6.45) is 2.97. The van der Waals surface area contributed by atoms with Gasteiger partial charge in [0.15, 0.2) is 11.3 Å². The number of aryl methyl sites for hydroxylation is 2. The predicted octanol–water partition coefficient (Wildman–Crippen LogP) is 2.83. The average Bonchev–Trinajstić information content (AvgIpc) is 2.71. The fourth-order valence-electron chi connectivity index (χ4n) is 3.30. The molecular formula is C22H22N2O5. The summed E-state index contributed by atoms with van der Waals surface area (Å²) in [4.78, 5) is 40.9. The van der Waals surface area contributed by atoms with Gasteiger partial charge in [0.2, 0.25) is 0 Å². The van der Waals surface area contributed by atoms with E-state index in [1.165, 1.54) is 11.7 Å². The Morgan fingerprint density at radius 2 is 2.03 bits per heavy atom. The molecule has 0 spiro atoms. The van der Waals surface area contributed by atoms with Gasteiger partial charge in [0.05, 0.1) is 19.2 Å². The average molecular weight is 394 g/mol. The van der Waals surface area contributed by atoms with Gasteiger partial charge in [-0.25, -0.2) is 4.79 Å². The molecule has 0 saturated heterocycles. The van der Waals surface area contributed by atoms with Crippen LogP contribution in [0.3, 0.4) is 0 Å². The molecular weight excluding hydrogens is 372 g/mol. The highest BCUT2D eigenvalue weighted by Gasteiger charge is 2.24. The van der Waals surface area contributed by atoms with Crippen LogP contribution in [0.5, 0.6) is 5.75 Å². The molecule has 2 aromatic heterocycles. The van der Waals surface area contributed by atoms with E-state index >= 15 is 0 Å². The molecule has 0 atom stereocenters. The van der Waals surface area contributed by atoms with Crippen LogP contribution in [0.2, 0.25) is 0 Å². The second-order valence-corrected chi connectivity index (χ2v) is 6.70. The molecule has 0 radical (unpaired) electrons. The number of hydrogen-bond acceptors (Lipinski definition) is 6. The first-order valence-electron chi connectivity index (χ1n) is 9.18. The molecule has 29 heavy (non-hydrogen) atoms. The van der Waals surface area contributed by atoms with Crippen LogP contribution >= 0.6 is 0 Å². The third-order valence-corrected chi connectivity index (χ3v) is 4.75. The molecule has 0 aliphatic heterocycles. The van der Waals surface area contributed by atoms with E-state index in [2.05, 4.69) is 4.98 Å². The zero-order chi connectivity index (χ0) is 21.1. The van der Waals surface area contributed by atoms with Crippen molar-refractivity contribution in [3.63, 3.8) is 0 Å². The molecule has 150 valence electrons. The second-order valence-electron chi connectivity index (χ2n) is 6.70. The van der Waals surface area contributed by atoms with Crippen LogP contribution in [-0.2, 0) is 18.2 Å². The highest BCUT2D eigenvalue weighted by atomic mass is 16.5. The maximum absolute atomic E-state index is 12.8. The minimum absolute atomic E-state index is 0.0945. The van der Waals surface area contributed by atoms with Gasteiger partial charge >= 0.3 is 5.97 Å². The molecule has 3 aromatic rings. The molecule has 0 unspecified atom stereocenters. The van der Waals surface area contributed by atoms with E-state index in [4.69, 9.17) is 9.47 Å². The number of rotatable bonds is 6. The number of carbonyl (C=O) groups is 2. The zero-order valence-electron chi connectivity index (χ0n) is 16.8. The number of esters is 1. The first kappa shape index (κ1) is 20.3. The Morgan fingerprint density at radius 3 is 2.69 bits per heavy atom. The maximum atomic E-state index is 12.8. The van der Waals surface area contributed by atoms with Crippen molar-refractivity contribution in [2.45, 2.75) is 20.3 Å². The van der Waals surface area contributed by atoms with Gasteiger partial charge in [-0.05, 0) is 43.5 Å². The minimum atomic E-state index is -0.743. The normalized spacial score (nSPS) is 10.8. The summed E-state index contributed by atoms with van der Waals surface area (Å²) in [5.74, 6) is -0.648. The largest absolute Gasteiger partial charge is 0.493 e. The Bertz CT molecular complexity index is 1160. The number of hydrogen-bond donors (Lipinski definition) is 0. The van der Waals surface area contributed by atoms with E-state index in [9.17, 15) is 14.4 Å². The lowest BCUT2D eigenvalue weighted by Gasteiger charge is -2.14. The number of fused-ring (bicyclic) bond motifs is 1. The first-order valence-corrected chi connectivity index (χ1v) is 9.18. The number of ether oxygens (including phenoxy) is 2. The number of aldehydes is 1. The van der Waals surface area contributed by atoms with E-state index in [0.29, 0.717) is 23.0 Å². The quantitative estimate of drug-likeness (QED) is 0.472. The SMILES string of the molecule is CCOC(=O)c1c(OC)c2ncc(Cc3ccc(C)cc3C=O)cc2n(C)c1=O. The number of carbonyl (C=O) groups excluding carboxylic acids is 2. The van der Waals surface area contributed by atoms with Gasteiger partial charge < -0.3 is 14.0 Å². The van der Waals surface area contributed by atoms with Crippen LogP contribution in [0.15, 0.2) is 35.3 Å². The number of aromatic nitrogens is 2. The van der Waals surface area contributed by atoms with E-state index in [0.717, 1.165) is 23.0 Å². The Hall–Kier alpha value is -3.48. The van der Waals surface area contributed by atoms with Crippen molar-refractivity contribution in [3.05, 3.63) is 68.6 Å². The van der Waals surface area contributed by atoms with E-state index in [-0.39, 0.29) is 17.9 Å². The summed E-state index contributed by atoms with van der Waals surface area (Å²) in [6.45, 7) is 3.74. The molecule has 0 aliphatic carbocycles. The van der Waals surface area contributed by atoms with E-state index < -0.39 is 11.5 Å². The number of methoxy groups -OCH3 is 1. The van der Waals surface area contributed by atoms with Crippen molar-refractivity contribution in [1.82, 2.24) is 9.55 Å². The Morgan fingerprint density at radius 1 is 1.28 bits per heavy atom. The highest BCUT2D eigenvalue weighted by Crippen LogP contribution is 2.27. The van der Waals surface area contributed by atoms with Gasteiger partial charge in [0.1, 0.15) is 11.8 Å². The van der Waals surface area contributed by atoms with Crippen molar-refractivity contribution < 1.29 is 19.1 Å². The lowest BCUT2D eigenvalue weighted by atomic mass is 9.99. The second kappa shape index (κ2) is 8.26. The van der Waals surface area contributed by atoms with Gasteiger partial charge in [0, 0.05) is 18.8 Å². The van der Waals surface area contributed by atoms with Crippen LogP contribution in [0.25, 0.3) is 11.0 Å². The van der Waals surface area contributed by atoms with Crippen molar-refractivity contribution in [2.75, 3.05) is 13.7 Å². The van der Waals surface area contributed by atoms with E-state index in [1.54, 1.807) is 20.2 Å². The fraction of sp³-hybridized carbons (Fsp3) is 0.273. The summed E-state index contributed by atoms with van der Waals surface area (Å²) < 4.78 is 11.7. The van der Waals surface area contributed by atoms with Crippen LogP contribution in [0.4, 0.5) is 0 Å². The van der Waals surface area contributed by atoms with Gasteiger partial charge in [0.25, 0.3) is 5.56 Å². The molecule has 2 heterocycles. The summed E-state index contributed by atoms with van der Waals surface area (Å²) in [6, 6.07) is 7.50. The van der Waals surface area contributed by atoms with Gasteiger partial charge in [-0.1, -0.05) is 17.7 Å². The van der Waals surface area contributed by atoms with Crippen LogP contribution < -0.4 is 10.3 Å². The molecule has 7 nitrogen and oxygen atoms in total. The number of benzene rings is 1. The molecule has 0 aliphatic rings. The molecule has 3 rings (SSSR count). The molecule has 0 amide bonds. The Kier molecular flexibility index (Phi) is 5.77.